The smallest absolute Gasteiger partial charge is 0.246 e. The van der Waals surface area contributed by atoms with Crippen LogP contribution in [0.25, 0.3) is 0 Å². The van der Waals surface area contributed by atoms with Gasteiger partial charge >= 0.3 is 0 Å². The molecule has 0 atom stereocenters. The number of nitrogens with zero attached hydrogens (tertiary/aromatic N) is 1. The van der Waals surface area contributed by atoms with Crippen molar-refractivity contribution in [2.75, 3.05) is 25.2 Å². The third-order valence-electron chi connectivity index (χ3n) is 3.33. The fraction of sp³-hybridized carbons (Fsp3) is 0.188. The van der Waals surface area contributed by atoms with Crippen LogP contribution in [0.5, 0.6) is 0 Å². The maximum atomic E-state index is 13.9. The van der Waals surface area contributed by atoms with Crippen LogP contribution in [-0.2, 0) is 14.8 Å². The van der Waals surface area contributed by atoms with Crippen LogP contribution in [-0.4, -0.2) is 38.5 Å². The molecule has 0 saturated carbocycles. The first-order chi connectivity index (χ1) is 11.8. The highest BCUT2D eigenvalue weighted by Crippen LogP contribution is 2.25. The summed E-state index contributed by atoms with van der Waals surface area (Å²) in [5.41, 5.74) is 0.587. The van der Waals surface area contributed by atoms with Crippen molar-refractivity contribution in [1.29, 1.82) is 0 Å². The SMILES string of the molecule is CSc1ccccc1NC(=O)CN(C)S(=O)(=O)c1ccc(Cl)cc1F. The first kappa shape index (κ1) is 19.7. The molecule has 0 bridgehead atoms. The minimum absolute atomic E-state index is 0.0884. The van der Waals surface area contributed by atoms with Gasteiger partial charge in [-0.3, -0.25) is 4.79 Å². The second-order valence-electron chi connectivity index (χ2n) is 5.08. The van der Waals surface area contributed by atoms with Gasteiger partial charge in [0.05, 0.1) is 12.2 Å². The Morgan fingerprint density at radius 3 is 2.60 bits per heavy atom. The Bertz CT molecular complexity index is 891. The lowest BCUT2D eigenvalue weighted by molar-refractivity contribution is -0.116. The summed E-state index contributed by atoms with van der Waals surface area (Å²) >= 11 is 7.09. The number of para-hydroxylation sites is 1. The van der Waals surface area contributed by atoms with Gasteiger partial charge in [-0.1, -0.05) is 23.7 Å². The number of thioether (sulfide) groups is 1. The number of hydrogen-bond acceptors (Lipinski definition) is 4. The number of hydrogen-bond donors (Lipinski definition) is 1. The molecule has 0 aliphatic heterocycles. The number of benzene rings is 2. The van der Waals surface area contributed by atoms with Crippen LogP contribution in [0.15, 0.2) is 52.3 Å². The van der Waals surface area contributed by atoms with Gasteiger partial charge in [0.15, 0.2) is 0 Å². The lowest BCUT2D eigenvalue weighted by Gasteiger charge is -2.18. The minimum Gasteiger partial charge on any atom is -0.324 e. The quantitative estimate of drug-likeness (QED) is 0.751. The van der Waals surface area contributed by atoms with Gasteiger partial charge in [0.25, 0.3) is 0 Å². The highest BCUT2D eigenvalue weighted by Gasteiger charge is 2.26. The third kappa shape index (κ3) is 4.72. The summed E-state index contributed by atoms with van der Waals surface area (Å²) in [4.78, 5) is 12.5. The predicted molar refractivity (Wildman–Crippen MR) is 98.1 cm³/mol. The van der Waals surface area contributed by atoms with Gasteiger partial charge in [-0.15, -0.1) is 11.8 Å². The van der Waals surface area contributed by atoms with Crippen LogP contribution in [0.1, 0.15) is 0 Å². The van der Waals surface area contributed by atoms with Crippen LogP contribution in [0.4, 0.5) is 10.1 Å². The van der Waals surface area contributed by atoms with E-state index in [1.54, 1.807) is 12.1 Å². The van der Waals surface area contributed by atoms with Gasteiger partial charge in [0.1, 0.15) is 10.7 Å². The summed E-state index contributed by atoms with van der Waals surface area (Å²) in [6.45, 7) is -0.451. The molecule has 0 spiro atoms. The predicted octanol–water partition coefficient (Wildman–Crippen LogP) is 3.46. The topological polar surface area (TPSA) is 66.5 Å². The number of carbonyl (C=O) groups excluding carboxylic acids is 1. The van der Waals surface area contributed by atoms with Crippen LogP contribution < -0.4 is 5.32 Å². The van der Waals surface area contributed by atoms with Crippen molar-refractivity contribution in [2.45, 2.75) is 9.79 Å². The summed E-state index contributed by atoms with van der Waals surface area (Å²) in [7, 11) is -2.94. The largest absolute Gasteiger partial charge is 0.324 e. The van der Waals surface area contributed by atoms with Gasteiger partial charge < -0.3 is 5.32 Å². The number of halogens is 2. The molecule has 0 heterocycles. The minimum atomic E-state index is -4.16. The Morgan fingerprint density at radius 2 is 1.96 bits per heavy atom. The molecule has 1 N–H and O–H groups in total. The summed E-state index contributed by atoms with van der Waals surface area (Å²) in [5.74, 6) is -1.49. The number of anilines is 1. The van der Waals surface area contributed by atoms with Crippen molar-refractivity contribution >= 4 is 45.0 Å². The molecular formula is C16H16ClFN2O3S2. The van der Waals surface area contributed by atoms with Crippen molar-refractivity contribution in [2.24, 2.45) is 0 Å². The van der Waals surface area contributed by atoms with Crippen molar-refractivity contribution in [3.63, 3.8) is 0 Å². The number of rotatable bonds is 6. The molecule has 0 aliphatic carbocycles. The van der Waals surface area contributed by atoms with E-state index in [1.807, 2.05) is 18.4 Å². The molecule has 0 aromatic heterocycles. The molecule has 25 heavy (non-hydrogen) atoms. The Hall–Kier alpha value is -1.61. The zero-order chi connectivity index (χ0) is 18.6. The number of nitrogens with one attached hydrogen (secondary N) is 1. The van der Waals surface area contributed by atoms with Gasteiger partial charge in [-0.05, 0) is 36.6 Å². The Labute approximate surface area is 155 Å². The zero-order valence-corrected chi connectivity index (χ0v) is 15.9. The summed E-state index contributed by atoms with van der Waals surface area (Å²) in [5, 5.41) is 2.75. The van der Waals surface area contributed by atoms with Crippen LogP contribution in [0.3, 0.4) is 0 Å². The molecule has 0 radical (unpaired) electrons. The fourth-order valence-corrected chi connectivity index (χ4v) is 3.96. The van der Waals surface area contributed by atoms with E-state index >= 15 is 0 Å². The van der Waals surface area contributed by atoms with Crippen molar-refractivity contribution in [1.82, 2.24) is 4.31 Å². The average Bonchev–Trinajstić information content (AvgIpc) is 2.54. The normalized spacial score (nSPS) is 11.6. The zero-order valence-electron chi connectivity index (χ0n) is 13.5. The molecule has 0 aliphatic rings. The molecule has 9 heteroatoms. The molecular weight excluding hydrogens is 387 g/mol. The molecule has 2 aromatic carbocycles. The molecule has 134 valence electrons. The maximum absolute atomic E-state index is 13.9. The lowest BCUT2D eigenvalue weighted by atomic mass is 10.3. The van der Waals surface area contributed by atoms with Gasteiger partial charge in [0.2, 0.25) is 15.9 Å². The monoisotopic (exact) mass is 402 g/mol. The van der Waals surface area contributed by atoms with Gasteiger partial charge in [-0.2, -0.15) is 4.31 Å². The summed E-state index contributed by atoms with van der Waals surface area (Å²) in [6, 6.07) is 10.4. The Morgan fingerprint density at radius 1 is 1.28 bits per heavy atom. The first-order valence-electron chi connectivity index (χ1n) is 7.10. The standard InChI is InChI=1S/C16H16ClFN2O3S2/c1-20(25(22,23)15-8-7-11(17)9-12(15)18)10-16(21)19-13-5-3-4-6-14(13)24-2/h3-9H,10H2,1-2H3,(H,19,21). The Balaban J connectivity index is 2.15. The molecule has 5 nitrogen and oxygen atoms in total. The molecule has 0 unspecified atom stereocenters. The molecule has 0 saturated heterocycles. The number of likely N-dealkylation sites (N-methyl/N-ethyl adjacent to an activating group) is 1. The lowest BCUT2D eigenvalue weighted by Crippen LogP contribution is -2.35. The maximum Gasteiger partial charge on any atom is 0.246 e. The van der Waals surface area contributed by atoms with Gasteiger partial charge in [0, 0.05) is 17.0 Å². The van der Waals surface area contributed by atoms with E-state index in [9.17, 15) is 17.6 Å². The number of amides is 1. The number of sulfonamides is 1. The second kappa shape index (κ2) is 8.18. The van der Waals surface area contributed by atoms with E-state index in [0.717, 1.165) is 21.3 Å². The van der Waals surface area contributed by atoms with E-state index in [-0.39, 0.29) is 5.02 Å². The molecule has 2 rings (SSSR count). The molecule has 0 fully saturated rings. The number of carbonyl (C=O) groups is 1. The van der Waals surface area contributed by atoms with E-state index in [0.29, 0.717) is 5.69 Å². The van der Waals surface area contributed by atoms with E-state index in [2.05, 4.69) is 5.32 Å². The van der Waals surface area contributed by atoms with Crippen molar-refractivity contribution in [3.8, 4) is 0 Å². The highest BCUT2D eigenvalue weighted by atomic mass is 35.5. The highest BCUT2D eigenvalue weighted by molar-refractivity contribution is 7.98. The second-order valence-corrected chi connectivity index (χ2v) is 8.38. The summed E-state index contributed by atoms with van der Waals surface area (Å²) in [6.07, 6.45) is 1.87. The van der Waals surface area contributed by atoms with Gasteiger partial charge in [-0.25, -0.2) is 12.8 Å². The van der Waals surface area contributed by atoms with E-state index < -0.39 is 33.2 Å². The summed E-state index contributed by atoms with van der Waals surface area (Å²) < 4.78 is 39.6. The molecule has 2 aromatic rings. The average molecular weight is 403 g/mol. The third-order valence-corrected chi connectivity index (χ3v) is 6.20. The van der Waals surface area contributed by atoms with Crippen LogP contribution in [0.2, 0.25) is 5.02 Å². The fourth-order valence-electron chi connectivity index (χ4n) is 2.08. The Kier molecular flexibility index (Phi) is 6.45. The first-order valence-corrected chi connectivity index (χ1v) is 10.1. The van der Waals surface area contributed by atoms with Crippen LogP contribution >= 0.6 is 23.4 Å². The van der Waals surface area contributed by atoms with Crippen molar-refractivity contribution < 1.29 is 17.6 Å². The van der Waals surface area contributed by atoms with Crippen molar-refractivity contribution in [3.05, 3.63) is 53.3 Å². The van der Waals surface area contributed by atoms with Crippen LogP contribution in [0, 0.1) is 5.82 Å². The van der Waals surface area contributed by atoms with E-state index in [1.165, 1.54) is 24.9 Å². The molecule has 1 amide bonds. The van der Waals surface area contributed by atoms with E-state index in [4.69, 9.17) is 11.6 Å².